The van der Waals surface area contributed by atoms with Crippen LogP contribution in [0.1, 0.15) is 35.0 Å². The summed E-state index contributed by atoms with van der Waals surface area (Å²) in [5, 5.41) is 6.96. The Balaban J connectivity index is 1.54. The predicted octanol–water partition coefficient (Wildman–Crippen LogP) is 4.13. The Morgan fingerprint density at radius 1 is 1.28 bits per heavy atom. The third-order valence-corrected chi connectivity index (χ3v) is 5.39. The highest BCUT2D eigenvalue weighted by Gasteiger charge is 2.27. The quantitative estimate of drug-likeness (QED) is 0.657. The standard InChI is InChI=1S/C18H16FN3O2S/c19-15-5-3-12(4-6-15)16-20-17(24-21-16)13-2-1-8-22(10-13)18-14(11-23)7-9-25-18/h3-7,9,11,13H,1-2,8,10H2. The molecule has 1 aromatic carbocycles. The lowest BCUT2D eigenvalue weighted by atomic mass is 9.98. The number of piperidine rings is 1. The molecule has 0 saturated carbocycles. The average Bonchev–Trinajstić information content (AvgIpc) is 3.32. The van der Waals surface area contributed by atoms with Crippen molar-refractivity contribution in [1.29, 1.82) is 0 Å². The molecule has 4 rings (SSSR count). The van der Waals surface area contributed by atoms with Crippen molar-refractivity contribution in [1.82, 2.24) is 10.1 Å². The SMILES string of the molecule is O=Cc1ccsc1N1CCCC(c2nc(-c3ccc(F)cc3)no2)C1. The van der Waals surface area contributed by atoms with Gasteiger partial charge in [-0.3, -0.25) is 4.79 Å². The van der Waals surface area contributed by atoms with Crippen LogP contribution in [-0.2, 0) is 0 Å². The molecule has 5 nitrogen and oxygen atoms in total. The molecular weight excluding hydrogens is 341 g/mol. The number of anilines is 1. The summed E-state index contributed by atoms with van der Waals surface area (Å²) in [7, 11) is 0. The maximum absolute atomic E-state index is 13.0. The number of benzene rings is 1. The number of nitrogens with zero attached hydrogens (tertiary/aromatic N) is 3. The van der Waals surface area contributed by atoms with Crippen molar-refractivity contribution >= 4 is 22.6 Å². The number of aromatic nitrogens is 2. The number of hydrogen-bond acceptors (Lipinski definition) is 6. The zero-order valence-corrected chi connectivity index (χ0v) is 14.2. The maximum atomic E-state index is 13.0. The minimum Gasteiger partial charge on any atom is -0.362 e. The van der Waals surface area contributed by atoms with E-state index < -0.39 is 0 Å². The summed E-state index contributed by atoms with van der Waals surface area (Å²) < 4.78 is 18.5. The molecule has 7 heteroatoms. The van der Waals surface area contributed by atoms with Gasteiger partial charge in [-0.2, -0.15) is 4.98 Å². The van der Waals surface area contributed by atoms with Gasteiger partial charge in [0.15, 0.2) is 6.29 Å². The van der Waals surface area contributed by atoms with Gasteiger partial charge < -0.3 is 9.42 Å². The van der Waals surface area contributed by atoms with Crippen LogP contribution in [-0.4, -0.2) is 29.5 Å². The third-order valence-electron chi connectivity index (χ3n) is 4.40. The van der Waals surface area contributed by atoms with Gasteiger partial charge in [-0.15, -0.1) is 11.3 Å². The van der Waals surface area contributed by atoms with E-state index in [-0.39, 0.29) is 11.7 Å². The summed E-state index contributed by atoms with van der Waals surface area (Å²) in [6, 6.07) is 7.88. The van der Waals surface area contributed by atoms with E-state index in [1.807, 2.05) is 11.4 Å². The third kappa shape index (κ3) is 3.19. The van der Waals surface area contributed by atoms with Gasteiger partial charge in [0.05, 0.1) is 5.92 Å². The first kappa shape index (κ1) is 16.0. The van der Waals surface area contributed by atoms with Crippen molar-refractivity contribution < 1.29 is 13.7 Å². The van der Waals surface area contributed by atoms with Crippen LogP contribution in [0.15, 0.2) is 40.2 Å². The van der Waals surface area contributed by atoms with E-state index in [1.54, 1.807) is 23.5 Å². The normalized spacial score (nSPS) is 17.6. The summed E-state index contributed by atoms with van der Waals surface area (Å²) in [4.78, 5) is 17.9. The molecule has 0 bridgehead atoms. The molecule has 3 heterocycles. The molecular formula is C18H16FN3O2S. The highest BCUT2D eigenvalue weighted by Crippen LogP contribution is 2.34. The number of carbonyl (C=O) groups excluding carboxylic acids is 1. The number of aldehydes is 1. The minimum atomic E-state index is -0.294. The fraction of sp³-hybridized carbons (Fsp3) is 0.278. The lowest BCUT2D eigenvalue weighted by Gasteiger charge is -2.32. The van der Waals surface area contributed by atoms with Gasteiger partial charge in [-0.25, -0.2) is 4.39 Å². The summed E-state index contributed by atoms with van der Waals surface area (Å²) >= 11 is 1.57. The van der Waals surface area contributed by atoms with Crippen LogP contribution in [0.3, 0.4) is 0 Å². The van der Waals surface area contributed by atoms with Crippen LogP contribution in [0.5, 0.6) is 0 Å². The van der Waals surface area contributed by atoms with Gasteiger partial charge in [0, 0.05) is 24.2 Å². The van der Waals surface area contributed by atoms with E-state index in [1.165, 1.54) is 12.1 Å². The molecule has 128 valence electrons. The van der Waals surface area contributed by atoms with E-state index in [2.05, 4.69) is 15.0 Å². The van der Waals surface area contributed by atoms with Gasteiger partial charge in [-0.05, 0) is 48.6 Å². The Hall–Kier alpha value is -2.54. The van der Waals surface area contributed by atoms with E-state index in [0.29, 0.717) is 11.7 Å². The summed E-state index contributed by atoms with van der Waals surface area (Å²) in [5.74, 6) is 0.888. The number of carbonyl (C=O) groups is 1. The molecule has 0 amide bonds. The topological polar surface area (TPSA) is 59.2 Å². The van der Waals surface area contributed by atoms with E-state index in [0.717, 1.165) is 48.3 Å². The molecule has 1 aliphatic rings. The zero-order valence-electron chi connectivity index (χ0n) is 13.4. The summed E-state index contributed by atoms with van der Waals surface area (Å²) in [6.07, 6.45) is 2.85. The number of halogens is 1. The monoisotopic (exact) mass is 357 g/mol. The molecule has 1 fully saturated rings. The van der Waals surface area contributed by atoms with Crippen LogP contribution in [0.4, 0.5) is 9.39 Å². The maximum Gasteiger partial charge on any atom is 0.231 e. The van der Waals surface area contributed by atoms with Crippen molar-refractivity contribution in [3.63, 3.8) is 0 Å². The molecule has 3 aromatic rings. The number of hydrogen-bond donors (Lipinski definition) is 0. The van der Waals surface area contributed by atoms with Crippen LogP contribution in [0.25, 0.3) is 11.4 Å². The molecule has 0 aliphatic carbocycles. The Morgan fingerprint density at radius 3 is 2.92 bits per heavy atom. The molecule has 0 spiro atoms. The zero-order chi connectivity index (χ0) is 17.2. The number of rotatable bonds is 4. The second-order valence-corrected chi connectivity index (χ2v) is 6.94. The lowest BCUT2D eigenvalue weighted by Crippen LogP contribution is -2.34. The summed E-state index contributed by atoms with van der Waals surface area (Å²) in [5.41, 5.74) is 1.45. The van der Waals surface area contributed by atoms with Gasteiger partial charge in [0.2, 0.25) is 11.7 Å². The molecule has 0 N–H and O–H groups in total. The Morgan fingerprint density at radius 2 is 2.12 bits per heavy atom. The van der Waals surface area contributed by atoms with E-state index >= 15 is 0 Å². The van der Waals surface area contributed by atoms with Crippen LogP contribution >= 0.6 is 11.3 Å². The fourth-order valence-electron chi connectivity index (χ4n) is 3.14. The molecule has 1 aliphatic heterocycles. The molecule has 1 saturated heterocycles. The molecule has 0 radical (unpaired) electrons. The van der Waals surface area contributed by atoms with Crippen molar-refractivity contribution in [3.8, 4) is 11.4 Å². The smallest absolute Gasteiger partial charge is 0.231 e. The van der Waals surface area contributed by atoms with Gasteiger partial charge in [0.1, 0.15) is 10.8 Å². The summed E-state index contributed by atoms with van der Waals surface area (Å²) in [6.45, 7) is 1.66. The first-order valence-corrected chi connectivity index (χ1v) is 8.99. The first-order chi connectivity index (χ1) is 12.2. The first-order valence-electron chi connectivity index (χ1n) is 8.12. The molecule has 1 unspecified atom stereocenters. The van der Waals surface area contributed by atoms with Crippen molar-refractivity contribution in [3.05, 3.63) is 53.0 Å². The van der Waals surface area contributed by atoms with Crippen LogP contribution < -0.4 is 4.90 Å². The molecule has 2 aromatic heterocycles. The average molecular weight is 357 g/mol. The van der Waals surface area contributed by atoms with Gasteiger partial charge in [-0.1, -0.05) is 5.16 Å². The van der Waals surface area contributed by atoms with Gasteiger partial charge in [0.25, 0.3) is 0 Å². The van der Waals surface area contributed by atoms with Crippen molar-refractivity contribution in [2.24, 2.45) is 0 Å². The highest BCUT2D eigenvalue weighted by molar-refractivity contribution is 7.14. The van der Waals surface area contributed by atoms with Crippen LogP contribution in [0.2, 0.25) is 0 Å². The molecule has 1 atom stereocenters. The molecule has 25 heavy (non-hydrogen) atoms. The van der Waals surface area contributed by atoms with Crippen LogP contribution in [0, 0.1) is 5.82 Å². The lowest BCUT2D eigenvalue weighted by molar-refractivity contribution is 0.112. The predicted molar refractivity (Wildman–Crippen MR) is 93.6 cm³/mol. The second kappa shape index (κ2) is 6.76. The highest BCUT2D eigenvalue weighted by atomic mass is 32.1. The van der Waals surface area contributed by atoms with E-state index in [4.69, 9.17) is 4.52 Å². The Labute approximate surface area is 148 Å². The Kier molecular flexibility index (Phi) is 4.31. The van der Waals surface area contributed by atoms with E-state index in [9.17, 15) is 9.18 Å². The van der Waals surface area contributed by atoms with Crippen molar-refractivity contribution in [2.75, 3.05) is 18.0 Å². The largest absolute Gasteiger partial charge is 0.362 e. The Bertz CT molecular complexity index is 875. The fourth-order valence-corrected chi connectivity index (χ4v) is 4.05. The van der Waals surface area contributed by atoms with Gasteiger partial charge >= 0.3 is 0 Å². The second-order valence-electron chi connectivity index (χ2n) is 6.05. The van der Waals surface area contributed by atoms with Crippen molar-refractivity contribution in [2.45, 2.75) is 18.8 Å². The number of thiophene rings is 1. The minimum absolute atomic E-state index is 0.122.